The molecule has 1 unspecified atom stereocenters. The van der Waals surface area contributed by atoms with Gasteiger partial charge >= 0.3 is 0 Å². The van der Waals surface area contributed by atoms with Crippen LogP contribution in [0.3, 0.4) is 0 Å². The molecule has 1 atom stereocenters. The van der Waals surface area contributed by atoms with Gasteiger partial charge in [-0.05, 0) is 37.8 Å². The van der Waals surface area contributed by atoms with Crippen molar-refractivity contribution in [3.63, 3.8) is 0 Å². The van der Waals surface area contributed by atoms with Crippen LogP contribution >= 0.6 is 39.1 Å². The minimum atomic E-state index is 0.447. The molecule has 0 aliphatic carbocycles. The summed E-state index contributed by atoms with van der Waals surface area (Å²) in [5, 5.41) is 4.58. The maximum Gasteiger partial charge on any atom is 0.0719 e. The number of hydrogen-bond acceptors (Lipinski definition) is 2. The van der Waals surface area contributed by atoms with Crippen molar-refractivity contribution in [1.29, 1.82) is 0 Å². The summed E-state index contributed by atoms with van der Waals surface area (Å²) < 4.78 is 6.47. The van der Waals surface area contributed by atoms with E-state index in [9.17, 15) is 0 Å². The van der Waals surface area contributed by atoms with Crippen LogP contribution < -0.4 is 5.32 Å². The van der Waals surface area contributed by atoms with Crippen LogP contribution in [0, 0.1) is 0 Å². The van der Waals surface area contributed by atoms with Crippen LogP contribution in [0.1, 0.15) is 25.7 Å². The topological polar surface area (TPSA) is 21.3 Å². The molecule has 1 N–H and O–H groups in total. The van der Waals surface area contributed by atoms with Crippen molar-refractivity contribution in [2.45, 2.75) is 31.8 Å². The van der Waals surface area contributed by atoms with E-state index >= 15 is 0 Å². The van der Waals surface area contributed by atoms with Crippen molar-refractivity contribution < 1.29 is 4.74 Å². The second-order valence-corrected chi connectivity index (χ2v) is 6.18. The van der Waals surface area contributed by atoms with Gasteiger partial charge in [0.1, 0.15) is 0 Å². The van der Waals surface area contributed by atoms with E-state index in [0.717, 1.165) is 36.2 Å². The minimum absolute atomic E-state index is 0.447. The van der Waals surface area contributed by atoms with E-state index in [1.165, 1.54) is 12.8 Å². The van der Waals surface area contributed by atoms with Gasteiger partial charge in [0.15, 0.2) is 0 Å². The molecule has 0 amide bonds. The lowest BCUT2D eigenvalue weighted by Gasteiger charge is -2.12. The largest absolute Gasteiger partial charge is 0.383 e. The molecule has 1 heterocycles. The molecule has 5 heteroatoms. The van der Waals surface area contributed by atoms with E-state index in [4.69, 9.17) is 27.9 Å². The van der Waals surface area contributed by atoms with Gasteiger partial charge in [0.05, 0.1) is 21.8 Å². The number of ether oxygens (including phenoxy) is 1. The number of anilines is 1. The smallest absolute Gasteiger partial charge is 0.0719 e. The molecular weight excluding hydrogens is 337 g/mol. The molecule has 0 aromatic heterocycles. The molecular formula is C13H16BrCl2NO. The summed E-state index contributed by atoms with van der Waals surface area (Å²) in [4.78, 5) is 0. The molecule has 100 valence electrons. The fraction of sp³-hybridized carbons (Fsp3) is 0.538. The molecule has 1 aromatic rings. The zero-order valence-electron chi connectivity index (χ0n) is 10.0. The molecule has 0 spiro atoms. The average molecular weight is 353 g/mol. The number of rotatable bonds is 5. The molecule has 0 radical (unpaired) electrons. The molecule has 1 aliphatic heterocycles. The molecule has 0 saturated carbocycles. The summed E-state index contributed by atoms with van der Waals surface area (Å²) >= 11 is 15.6. The highest BCUT2D eigenvalue weighted by molar-refractivity contribution is 9.10. The van der Waals surface area contributed by atoms with E-state index in [-0.39, 0.29) is 0 Å². The molecule has 1 aromatic carbocycles. The number of benzene rings is 1. The van der Waals surface area contributed by atoms with Crippen molar-refractivity contribution in [1.82, 2.24) is 0 Å². The van der Waals surface area contributed by atoms with Crippen LogP contribution in [0.15, 0.2) is 16.6 Å². The third kappa shape index (κ3) is 4.02. The molecule has 18 heavy (non-hydrogen) atoms. The van der Waals surface area contributed by atoms with Gasteiger partial charge in [-0.15, -0.1) is 0 Å². The van der Waals surface area contributed by atoms with E-state index in [1.54, 1.807) is 0 Å². The Morgan fingerprint density at radius 2 is 2.06 bits per heavy atom. The number of nitrogens with one attached hydrogen (secondary N) is 1. The highest BCUT2D eigenvalue weighted by atomic mass is 79.9. The van der Waals surface area contributed by atoms with E-state index < -0.39 is 0 Å². The van der Waals surface area contributed by atoms with Gasteiger partial charge in [-0.3, -0.25) is 0 Å². The van der Waals surface area contributed by atoms with Crippen LogP contribution in [0.5, 0.6) is 0 Å². The van der Waals surface area contributed by atoms with Crippen LogP contribution in [0.2, 0.25) is 10.0 Å². The lowest BCUT2D eigenvalue weighted by atomic mass is 10.1. The van der Waals surface area contributed by atoms with Crippen molar-refractivity contribution >= 4 is 44.8 Å². The van der Waals surface area contributed by atoms with Crippen LogP contribution in [-0.2, 0) is 4.74 Å². The van der Waals surface area contributed by atoms with Gasteiger partial charge in [0.2, 0.25) is 0 Å². The Bertz CT molecular complexity index is 385. The molecule has 2 nitrogen and oxygen atoms in total. The maximum atomic E-state index is 6.14. The van der Waals surface area contributed by atoms with Gasteiger partial charge < -0.3 is 10.1 Å². The average Bonchev–Trinajstić information content (AvgIpc) is 2.79. The first-order valence-electron chi connectivity index (χ1n) is 6.17. The van der Waals surface area contributed by atoms with Crippen LogP contribution in [0.4, 0.5) is 5.69 Å². The summed E-state index contributed by atoms with van der Waals surface area (Å²) in [7, 11) is 0. The lowest BCUT2D eigenvalue weighted by Crippen LogP contribution is -2.09. The standard InChI is InChI=1S/C13H16BrCl2NO/c14-9-7-11(15)13(12(16)8-9)17-5-1-3-10-4-2-6-18-10/h7-8,10,17H,1-6H2. The summed E-state index contributed by atoms with van der Waals surface area (Å²) in [5.41, 5.74) is 0.814. The van der Waals surface area contributed by atoms with Gasteiger partial charge in [-0.1, -0.05) is 39.1 Å². The first kappa shape index (κ1) is 14.4. The number of halogens is 3. The van der Waals surface area contributed by atoms with E-state index in [0.29, 0.717) is 16.1 Å². The number of hydrogen-bond donors (Lipinski definition) is 1. The van der Waals surface area contributed by atoms with Crippen LogP contribution in [-0.4, -0.2) is 19.3 Å². The zero-order chi connectivity index (χ0) is 13.0. The Kier molecular flexibility index (Phi) is 5.61. The second kappa shape index (κ2) is 6.99. The Morgan fingerprint density at radius 1 is 1.33 bits per heavy atom. The lowest BCUT2D eigenvalue weighted by molar-refractivity contribution is 0.103. The summed E-state index contributed by atoms with van der Waals surface area (Å²) in [5.74, 6) is 0. The maximum absolute atomic E-state index is 6.14. The Hall–Kier alpha value is 0.0400. The first-order chi connectivity index (χ1) is 8.66. The quantitative estimate of drug-likeness (QED) is 0.742. The first-order valence-corrected chi connectivity index (χ1v) is 7.72. The SMILES string of the molecule is Clc1cc(Br)cc(Cl)c1NCCCC1CCCO1. The molecule has 1 fully saturated rings. The van der Waals surface area contributed by atoms with Gasteiger partial charge in [0.25, 0.3) is 0 Å². The van der Waals surface area contributed by atoms with Gasteiger partial charge in [-0.25, -0.2) is 0 Å². The van der Waals surface area contributed by atoms with Gasteiger partial charge in [0, 0.05) is 17.6 Å². The molecule has 2 rings (SSSR count). The fourth-order valence-corrected chi connectivity index (χ4v) is 3.47. The Labute approximate surface area is 126 Å². The zero-order valence-corrected chi connectivity index (χ0v) is 13.1. The van der Waals surface area contributed by atoms with E-state index in [2.05, 4.69) is 21.2 Å². The fourth-order valence-electron chi connectivity index (χ4n) is 2.13. The Morgan fingerprint density at radius 3 is 2.67 bits per heavy atom. The van der Waals surface area contributed by atoms with Crippen molar-refractivity contribution in [2.24, 2.45) is 0 Å². The van der Waals surface area contributed by atoms with Crippen molar-refractivity contribution in [2.75, 3.05) is 18.5 Å². The third-order valence-electron chi connectivity index (χ3n) is 3.04. The molecule has 1 saturated heterocycles. The highest BCUT2D eigenvalue weighted by Crippen LogP contribution is 2.33. The predicted octanol–water partition coefficient (Wildman–Crippen LogP) is 5.13. The minimum Gasteiger partial charge on any atom is -0.383 e. The molecule has 1 aliphatic rings. The second-order valence-electron chi connectivity index (χ2n) is 4.45. The molecule has 0 bridgehead atoms. The van der Waals surface area contributed by atoms with Crippen molar-refractivity contribution in [3.05, 3.63) is 26.7 Å². The normalized spacial score (nSPS) is 19.2. The van der Waals surface area contributed by atoms with Gasteiger partial charge in [-0.2, -0.15) is 0 Å². The summed E-state index contributed by atoms with van der Waals surface area (Å²) in [6.45, 7) is 1.78. The van der Waals surface area contributed by atoms with E-state index in [1.807, 2.05) is 12.1 Å². The predicted molar refractivity (Wildman–Crippen MR) is 80.9 cm³/mol. The summed E-state index contributed by atoms with van der Waals surface area (Å²) in [6.07, 6.45) is 5.00. The Balaban J connectivity index is 1.79. The van der Waals surface area contributed by atoms with Crippen molar-refractivity contribution in [3.8, 4) is 0 Å². The summed E-state index contributed by atoms with van der Waals surface area (Å²) in [6, 6.07) is 3.69. The third-order valence-corrected chi connectivity index (χ3v) is 4.09. The van der Waals surface area contributed by atoms with Crippen LogP contribution in [0.25, 0.3) is 0 Å². The monoisotopic (exact) mass is 351 g/mol. The highest BCUT2D eigenvalue weighted by Gasteiger charge is 2.14.